The van der Waals surface area contributed by atoms with Gasteiger partial charge in [0.25, 0.3) is 0 Å². The van der Waals surface area contributed by atoms with E-state index in [0.29, 0.717) is 19.4 Å². The van der Waals surface area contributed by atoms with Crippen LogP contribution >= 0.6 is 0 Å². The van der Waals surface area contributed by atoms with Gasteiger partial charge >= 0.3 is 5.97 Å². The minimum absolute atomic E-state index is 0.0405. The molecule has 0 fully saturated rings. The Kier molecular flexibility index (Phi) is 53.6. The van der Waals surface area contributed by atoms with Crippen molar-refractivity contribution in [1.29, 1.82) is 0 Å². The molecule has 0 aliphatic carbocycles. The van der Waals surface area contributed by atoms with E-state index in [0.717, 1.165) is 89.9 Å². The van der Waals surface area contributed by atoms with E-state index in [4.69, 9.17) is 4.74 Å². The molecule has 0 aromatic carbocycles. The zero-order valence-electron chi connectivity index (χ0n) is 43.9. The van der Waals surface area contributed by atoms with E-state index in [-0.39, 0.29) is 18.5 Å². The second kappa shape index (κ2) is 55.4. The normalized spacial score (nSPS) is 13.0. The van der Waals surface area contributed by atoms with Crippen molar-refractivity contribution in [2.75, 3.05) is 13.2 Å². The highest BCUT2D eigenvalue weighted by Gasteiger charge is 2.18. The van der Waals surface area contributed by atoms with Gasteiger partial charge in [-0.2, -0.15) is 0 Å². The first kappa shape index (κ1) is 63.8. The molecule has 0 radical (unpaired) electrons. The fourth-order valence-corrected chi connectivity index (χ4v) is 8.60. The highest BCUT2D eigenvalue weighted by Crippen LogP contribution is 2.16. The van der Waals surface area contributed by atoms with Crippen molar-refractivity contribution in [3.05, 3.63) is 48.6 Å². The fourth-order valence-electron chi connectivity index (χ4n) is 8.60. The summed E-state index contributed by atoms with van der Waals surface area (Å²) in [5, 5.41) is 23.1. The van der Waals surface area contributed by atoms with Gasteiger partial charge in [0.15, 0.2) is 0 Å². The van der Waals surface area contributed by atoms with Crippen molar-refractivity contribution >= 4 is 11.9 Å². The fraction of sp³-hybridized carbons (Fsp3) is 0.833. The van der Waals surface area contributed by atoms with Gasteiger partial charge in [-0.1, -0.05) is 242 Å². The molecule has 0 bridgehead atoms. The lowest BCUT2D eigenvalue weighted by Gasteiger charge is -2.20. The minimum Gasteiger partial charge on any atom is -0.466 e. The van der Waals surface area contributed by atoms with Crippen LogP contribution in [0.5, 0.6) is 0 Å². The van der Waals surface area contributed by atoms with Crippen LogP contribution in [0.15, 0.2) is 48.6 Å². The molecule has 0 heterocycles. The van der Waals surface area contributed by atoms with Gasteiger partial charge in [-0.25, -0.2) is 0 Å². The molecule has 386 valence electrons. The molecular formula is C60H111NO5. The number of aliphatic hydroxyl groups excluding tert-OH is 2. The summed E-state index contributed by atoms with van der Waals surface area (Å²) in [5.41, 5.74) is 0. The van der Waals surface area contributed by atoms with Crippen molar-refractivity contribution in [3.8, 4) is 0 Å². The van der Waals surface area contributed by atoms with Crippen molar-refractivity contribution in [2.45, 2.75) is 309 Å². The summed E-state index contributed by atoms with van der Waals surface area (Å²) >= 11 is 0. The Labute approximate surface area is 410 Å². The maximum absolute atomic E-state index is 12.5. The predicted octanol–water partition coefficient (Wildman–Crippen LogP) is 17.8. The molecule has 0 aromatic rings. The van der Waals surface area contributed by atoms with Crippen molar-refractivity contribution in [3.63, 3.8) is 0 Å². The average Bonchev–Trinajstić information content (AvgIpc) is 3.32. The number of aliphatic hydroxyl groups is 2. The van der Waals surface area contributed by atoms with E-state index in [9.17, 15) is 19.8 Å². The third-order valence-electron chi connectivity index (χ3n) is 13.1. The molecule has 2 atom stereocenters. The molecule has 6 nitrogen and oxygen atoms in total. The Hall–Kier alpha value is -2.18. The van der Waals surface area contributed by atoms with E-state index in [1.54, 1.807) is 6.08 Å². The molecule has 0 saturated heterocycles. The van der Waals surface area contributed by atoms with Crippen LogP contribution in [-0.4, -0.2) is 47.4 Å². The van der Waals surface area contributed by atoms with Gasteiger partial charge in [0.05, 0.1) is 25.4 Å². The number of carbonyl (C=O) groups excluding carboxylic acids is 2. The topological polar surface area (TPSA) is 95.9 Å². The van der Waals surface area contributed by atoms with Gasteiger partial charge in [0.2, 0.25) is 5.91 Å². The largest absolute Gasteiger partial charge is 0.466 e. The van der Waals surface area contributed by atoms with Crippen LogP contribution in [0.2, 0.25) is 0 Å². The molecule has 0 rings (SSSR count). The highest BCUT2D eigenvalue weighted by atomic mass is 16.5. The standard InChI is InChI=1S/C60H111NO5/c1-3-5-7-9-11-13-15-17-19-21-23-24-25-27-29-32-36-40-44-48-52-58(63)57(56-62)61-59(64)53-49-45-41-37-33-31-35-39-43-47-51-55-66-60(65)54-50-46-42-38-34-30-28-26-22-20-18-16-14-12-10-8-6-4-2/h14,16,20,22,35,39,48,52,57-58,62-63H,3-13,15,17-19,21,23-34,36-38,40-47,49-51,53-56H2,1-2H3,(H,61,64)/b16-14-,22-20-,39-35-,52-48+. The van der Waals surface area contributed by atoms with Crippen LogP contribution in [0.25, 0.3) is 0 Å². The number of rotatable bonds is 53. The summed E-state index contributed by atoms with van der Waals surface area (Å²) in [6.45, 7) is 4.81. The molecule has 0 aliphatic heterocycles. The van der Waals surface area contributed by atoms with Gasteiger partial charge in [-0.05, 0) is 89.9 Å². The Bertz CT molecular complexity index is 1110. The lowest BCUT2D eigenvalue weighted by Crippen LogP contribution is -2.45. The second-order valence-electron chi connectivity index (χ2n) is 19.6. The van der Waals surface area contributed by atoms with Crippen LogP contribution in [0, 0.1) is 0 Å². The second-order valence-corrected chi connectivity index (χ2v) is 19.6. The molecule has 6 heteroatoms. The third kappa shape index (κ3) is 51.2. The van der Waals surface area contributed by atoms with Gasteiger partial charge in [-0.15, -0.1) is 0 Å². The molecule has 66 heavy (non-hydrogen) atoms. The molecule has 0 aromatic heterocycles. The summed E-state index contributed by atoms with van der Waals surface area (Å²) in [6, 6.07) is -0.651. The maximum Gasteiger partial charge on any atom is 0.305 e. The number of ether oxygens (including phenoxy) is 1. The number of amides is 1. The molecule has 3 N–H and O–H groups in total. The maximum atomic E-state index is 12.5. The zero-order valence-corrected chi connectivity index (χ0v) is 43.9. The number of unbranched alkanes of at least 4 members (excludes halogenated alkanes) is 36. The smallest absolute Gasteiger partial charge is 0.305 e. The van der Waals surface area contributed by atoms with Crippen molar-refractivity contribution < 1.29 is 24.5 Å². The van der Waals surface area contributed by atoms with Gasteiger partial charge in [-0.3, -0.25) is 9.59 Å². The number of hydrogen-bond acceptors (Lipinski definition) is 5. The monoisotopic (exact) mass is 926 g/mol. The molecule has 0 aliphatic rings. The van der Waals surface area contributed by atoms with E-state index in [2.05, 4.69) is 55.6 Å². The third-order valence-corrected chi connectivity index (χ3v) is 13.1. The predicted molar refractivity (Wildman–Crippen MR) is 287 cm³/mol. The Morgan fingerprint density at radius 1 is 0.424 bits per heavy atom. The first-order valence-corrected chi connectivity index (χ1v) is 28.9. The summed E-state index contributed by atoms with van der Waals surface area (Å²) in [4.78, 5) is 24.5. The molecule has 0 spiro atoms. The van der Waals surface area contributed by atoms with Crippen LogP contribution in [-0.2, 0) is 14.3 Å². The summed E-state index contributed by atoms with van der Waals surface area (Å²) in [7, 11) is 0. The first-order chi connectivity index (χ1) is 32.5. The Morgan fingerprint density at radius 3 is 1.18 bits per heavy atom. The molecule has 1 amide bonds. The number of carbonyl (C=O) groups is 2. The number of nitrogens with one attached hydrogen (secondary N) is 1. The summed E-state index contributed by atoms with van der Waals surface area (Å²) in [6.07, 6.45) is 69.9. The van der Waals surface area contributed by atoms with Gasteiger partial charge in [0, 0.05) is 12.8 Å². The van der Waals surface area contributed by atoms with E-state index >= 15 is 0 Å². The Morgan fingerprint density at radius 2 is 0.758 bits per heavy atom. The minimum atomic E-state index is -0.865. The number of esters is 1. The van der Waals surface area contributed by atoms with Crippen LogP contribution in [0.3, 0.4) is 0 Å². The SMILES string of the molecule is CCCCCC/C=C\C/C=C\CCCCCCCCCC(=O)OCCCC/C=C\CCCCCCCC(=O)NC(CO)C(O)/C=C/CCCCCCCCCCCCCCCCCCCC. The number of hydrogen-bond donors (Lipinski definition) is 3. The van der Waals surface area contributed by atoms with Crippen molar-refractivity contribution in [1.82, 2.24) is 5.32 Å². The average molecular weight is 927 g/mol. The summed E-state index contributed by atoms with van der Waals surface area (Å²) in [5.74, 6) is -0.137. The highest BCUT2D eigenvalue weighted by molar-refractivity contribution is 5.76. The Balaban J connectivity index is 3.55. The van der Waals surface area contributed by atoms with Crippen molar-refractivity contribution in [2.24, 2.45) is 0 Å². The zero-order chi connectivity index (χ0) is 47.9. The van der Waals surface area contributed by atoms with E-state index < -0.39 is 12.1 Å². The lowest BCUT2D eigenvalue weighted by molar-refractivity contribution is -0.143. The molecular weight excluding hydrogens is 815 g/mol. The molecule has 2 unspecified atom stereocenters. The van der Waals surface area contributed by atoms with Crippen LogP contribution in [0.4, 0.5) is 0 Å². The van der Waals surface area contributed by atoms with E-state index in [1.165, 1.54) is 180 Å². The quantitative estimate of drug-likeness (QED) is 0.0321. The number of allylic oxidation sites excluding steroid dienone is 7. The lowest BCUT2D eigenvalue weighted by atomic mass is 10.0. The first-order valence-electron chi connectivity index (χ1n) is 28.9. The van der Waals surface area contributed by atoms with Gasteiger partial charge < -0.3 is 20.3 Å². The van der Waals surface area contributed by atoms with Crippen LogP contribution in [0.1, 0.15) is 296 Å². The van der Waals surface area contributed by atoms with Crippen LogP contribution < -0.4 is 5.32 Å². The summed E-state index contributed by atoms with van der Waals surface area (Å²) < 4.78 is 5.45. The van der Waals surface area contributed by atoms with E-state index in [1.807, 2.05) is 6.08 Å². The molecule has 0 saturated carbocycles. The van der Waals surface area contributed by atoms with Gasteiger partial charge in [0.1, 0.15) is 0 Å².